The molecule has 0 aliphatic carbocycles. The predicted octanol–water partition coefficient (Wildman–Crippen LogP) is -4.21. The van der Waals surface area contributed by atoms with Gasteiger partial charge in [-0.2, -0.15) is 0 Å². The van der Waals surface area contributed by atoms with Gasteiger partial charge in [-0.15, -0.1) is 0 Å². The molecule has 0 saturated carbocycles. The minimum Gasteiger partial charge on any atom is -0.873 e. The zero-order chi connectivity index (χ0) is 12.5. The summed E-state index contributed by atoms with van der Waals surface area (Å²) in [5.74, 6) is -2.34. The van der Waals surface area contributed by atoms with Gasteiger partial charge in [-0.05, 0) is 0 Å². The average molecular weight is 251 g/mol. The highest BCUT2D eigenvalue weighted by Gasteiger charge is 2.33. The summed E-state index contributed by atoms with van der Waals surface area (Å²) >= 11 is 0. The second-order valence-corrected chi connectivity index (χ2v) is 4.73. The Balaban J connectivity index is 2.94. The zero-order valence-electron chi connectivity index (χ0n) is 7.86. The Kier molecular flexibility index (Phi) is 3.72. The lowest BCUT2D eigenvalue weighted by Gasteiger charge is -2.30. The summed E-state index contributed by atoms with van der Waals surface area (Å²) in [7, 11) is -5.06. The van der Waals surface area contributed by atoms with Gasteiger partial charge in [0.05, 0.1) is 6.61 Å². The number of hydrogen-bond acceptors (Lipinski definition) is 8. The molecule has 0 aromatic heterocycles. The molecule has 0 radical (unpaired) electrons. The highest BCUT2D eigenvalue weighted by atomic mass is 31.2. The standard InChI is InChI=1S/C7H11O8P/c8-1-4(9)6-5(10)3(7(11)15-6)2-16(12,13)14/h4,6,8-10H,1-2H2,(H2,12,13,14)/p-3. The molecule has 2 N–H and O–H groups in total. The highest BCUT2D eigenvalue weighted by molar-refractivity contribution is 7.49. The summed E-state index contributed by atoms with van der Waals surface area (Å²) in [6.07, 6.45) is -4.52. The van der Waals surface area contributed by atoms with E-state index in [2.05, 4.69) is 4.74 Å². The monoisotopic (exact) mass is 251 g/mol. The molecule has 0 bridgehead atoms. The minimum atomic E-state index is -5.06. The molecule has 1 rings (SSSR count). The van der Waals surface area contributed by atoms with Crippen molar-refractivity contribution in [3.8, 4) is 0 Å². The summed E-state index contributed by atoms with van der Waals surface area (Å²) in [6.45, 7) is -0.830. The molecule has 0 aromatic rings. The fourth-order valence-corrected chi connectivity index (χ4v) is 1.87. The van der Waals surface area contributed by atoms with E-state index in [-0.39, 0.29) is 0 Å². The SMILES string of the molecule is O=C1OC(C(O)CO)C([O-])=C1CP(=O)([O-])[O-]. The maximum absolute atomic E-state index is 11.3. The molecule has 92 valence electrons. The van der Waals surface area contributed by atoms with E-state index in [0.29, 0.717) is 0 Å². The van der Waals surface area contributed by atoms with Gasteiger partial charge < -0.3 is 34.4 Å². The molecule has 0 amide bonds. The average Bonchev–Trinajstić information content (AvgIpc) is 2.42. The number of aliphatic hydroxyl groups is 2. The van der Waals surface area contributed by atoms with E-state index in [9.17, 15) is 24.3 Å². The Hall–Kier alpha value is -0.920. The second kappa shape index (κ2) is 4.52. The topological polar surface area (TPSA) is 153 Å². The summed E-state index contributed by atoms with van der Waals surface area (Å²) < 4.78 is 14.8. The quantitative estimate of drug-likeness (QED) is 0.376. The summed E-state index contributed by atoms with van der Waals surface area (Å²) in [6, 6.07) is 0. The van der Waals surface area contributed by atoms with Crippen LogP contribution in [0.15, 0.2) is 11.3 Å². The number of cyclic esters (lactones) is 1. The number of carbonyl (C=O) groups excluding carboxylic acids is 1. The van der Waals surface area contributed by atoms with Crippen molar-refractivity contribution in [1.82, 2.24) is 0 Å². The summed E-state index contributed by atoms with van der Waals surface area (Å²) in [5, 5.41) is 29.0. The first-order chi connectivity index (χ1) is 7.26. The molecule has 0 saturated heterocycles. The van der Waals surface area contributed by atoms with Crippen LogP contribution in [0.5, 0.6) is 0 Å². The molecule has 9 heteroatoms. The van der Waals surface area contributed by atoms with Gasteiger partial charge in [0.2, 0.25) is 0 Å². The molecule has 1 aliphatic heterocycles. The van der Waals surface area contributed by atoms with Crippen LogP contribution in [0, 0.1) is 0 Å². The molecule has 2 atom stereocenters. The maximum atomic E-state index is 11.3. The fourth-order valence-electron chi connectivity index (χ4n) is 1.20. The van der Waals surface area contributed by atoms with Crippen molar-refractivity contribution in [2.75, 3.05) is 12.8 Å². The van der Waals surface area contributed by atoms with Gasteiger partial charge >= 0.3 is 5.97 Å². The van der Waals surface area contributed by atoms with Crippen LogP contribution in [0.2, 0.25) is 0 Å². The molecular formula is C7H8O8P-3. The van der Waals surface area contributed by atoms with Crippen molar-refractivity contribution in [2.45, 2.75) is 12.2 Å². The number of esters is 1. The number of ether oxygens (including phenoxy) is 1. The third-order valence-electron chi connectivity index (χ3n) is 1.92. The molecule has 8 nitrogen and oxygen atoms in total. The van der Waals surface area contributed by atoms with Crippen LogP contribution >= 0.6 is 7.60 Å². The molecule has 0 spiro atoms. The van der Waals surface area contributed by atoms with Crippen molar-refractivity contribution >= 4 is 13.6 Å². The Morgan fingerprint density at radius 3 is 2.50 bits per heavy atom. The van der Waals surface area contributed by atoms with E-state index < -0.39 is 49.9 Å². The van der Waals surface area contributed by atoms with Gasteiger partial charge in [-0.25, -0.2) is 4.79 Å². The highest BCUT2D eigenvalue weighted by Crippen LogP contribution is 2.32. The Labute approximate surface area is 89.9 Å². The van der Waals surface area contributed by atoms with Crippen LogP contribution in [-0.2, 0) is 14.1 Å². The number of hydrogen-bond donors (Lipinski definition) is 2. The van der Waals surface area contributed by atoms with E-state index in [4.69, 9.17) is 10.2 Å². The summed E-state index contributed by atoms with van der Waals surface area (Å²) in [4.78, 5) is 31.8. The van der Waals surface area contributed by atoms with E-state index >= 15 is 0 Å². The number of rotatable bonds is 4. The normalized spacial score (nSPS) is 23.5. The van der Waals surface area contributed by atoms with Crippen molar-refractivity contribution in [1.29, 1.82) is 0 Å². The van der Waals surface area contributed by atoms with Gasteiger partial charge in [0.25, 0.3) is 0 Å². The Morgan fingerprint density at radius 2 is 2.06 bits per heavy atom. The molecule has 0 aromatic carbocycles. The Morgan fingerprint density at radius 1 is 1.50 bits per heavy atom. The van der Waals surface area contributed by atoms with Crippen LogP contribution in [-0.4, -0.2) is 41.2 Å². The smallest absolute Gasteiger partial charge is 0.334 e. The fraction of sp³-hybridized carbons (Fsp3) is 0.571. The van der Waals surface area contributed by atoms with Crippen molar-refractivity contribution in [3.05, 3.63) is 11.3 Å². The molecule has 1 aliphatic rings. The third kappa shape index (κ3) is 2.81. The van der Waals surface area contributed by atoms with Crippen LogP contribution in [0.3, 0.4) is 0 Å². The van der Waals surface area contributed by atoms with Crippen LogP contribution in [0.25, 0.3) is 0 Å². The lowest BCUT2D eigenvalue weighted by atomic mass is 10.1. The molecule has 2 unspecified atom stereocenters. The minimum absolute atomic E-state index is 0.814. The van der Waals surface area contributed by atoms with Crippen LogP contribution < -0.4 is 14.9 Å². The van der Waals surface area contributed by atoms with Crippen LogP contribution in [0.1, 0.15) is 0 Å². The number of aliphatic hydroxyl groups excluding tert-OH is 2. The van der Waals surface area contributed by atoms with Gasteiger partial charge in [-0.1, -0.05) is 13.4 Å². The molecule has 1 heterocycles. The first kappa shape index (κ1) is 13.1. The van der Waals surface area contributed by atoms with E-state index in [1.54, 1.807) is 0 Å². The van der Waals surface area contributed by atoms with Crippen molar-refractivity contribution in [3.63, 3.8) is 0 Å². The van der Waals surface area contributed by atoms with Gasteiger partial charge in [0, 0.05) is 11.7 Å². The van der Waals surface area contributed by atoms with Gasteiger partial charge in [-0.3, -0.25) is 0 Å². The van der Waals surface area contributed by atoms with E-state index in [1.807, 2.05) is 0 Å². The lowest BCUT2D eigenvalue weighted by molar-refractivity contribution is -0.323. The second-order valence-electron chi connectivity index (χ2n) is 3.19. The maximum Gasteiger partial charge on any atom is 0.334 e. The van der Waals surface area contributed by atoms with Crippen molar-refractivity contribution in [2.24, 2.45) is 0 Å². The zero-order valence-corrected chi connectivity index (χ0v) is 8.75. The van der Waals surface area contributed by atoms with Gasteiger partial charge in [0.15, 0.2) is 0 Å². The summed E-state index contributed by atoms with van der Waals surface area (Å²) in [5.41, 5.74) is -0.814. The number of carbonyl (C=O) groups is 1. The lowest BCUT2D eigenvalue weighted by Crippen LogP contribution is -2.35. The first-order valence-corrected chi connectivity index (χ1v) is 5.90. The van der Waals surface area contributed by atoms with Crippen molar-refractivity contribution < 1.29 is 39.2 Å². The van der Waals surface area contributed by atoms with E-state index in [0.717, 1.165) is 0 Å². The Bertz CT molecular complexity index is 369. The molecule has 16 heavy (non-hydrogen) atoms. The largest absolute Gasteiger partial charge is 0.873 e. The molecular weight excluding hydrogens is 243 g/mol. The molecule has 0 fully saturated rings. The van der Waals surface area contributed by atoms with E-state index in [1.165, 1.54) is 0 Å². The third-order valence-corrected chi connectivity index (χ3v) is 2.63. The predicted molar refractivity (Wildman–Crippen MR) is 42.5 cm³/mol. The van der Waals surface area contributed by atoms with Gasteiger partial charge in [0.1, 0.15) is 12.2 Å². The first-order valence-electron chi connectivity index (χ1n) is 4.17. The van der Waals surface area contributed by atoms with Crippen LogP contribution in [0.4, 0.5) is 0 Å².